The largest absolute Gasteiger partial charge is 0.348 e. The van der Waals surface area contributed by atoms with Crippen LogP contribution in [0.15, 0.2) is 23.0 Å². The zero-order chi connectivity index (χ0) is 13.4. The maximum absolute atomic E-state index is 11.8. The van der Waals surface area contributed by atoms with Crippen molar-refractivity contribution in [2.75, 3.05) is 0 Å². The first-order valence-corrected chi connectivity index (χ1v) is 6.63. The Bertz CT molecular complexity index is 426. The summed E-state index contributed by atoms with van der Waals surface area (Å²) >= 11 is 0. The van der Waals surface area contributed by atoms with Crippen LogP contribution in [-0.4, -0.2) is 16.9 Å². The summed E-state index contributed by atoms with van der Waals surface area (Å²) in [5, 5.41) is 2.89. The van der Waals surface area contributed by atoms with Gasteiger partial charge in [0, 0.05) is 12.1 Å². The van der Waals surface area contributed by atoms with Gasteiger partial charge in [-0.1, -0.05) is 38.7 Å². The first-order valence-electron chi connectivity index (χ1n) is 6.63. The van der Waals surface area contributed by atoms with Crippen LogP contribution in [-0.2, 0) is 0 Å². The lowest BCUT2D eigenvalue weighted by molar-refractivity contribution is 0.0932. The molecule has 4 heteroatoms. The quantitative estimate of drug-likeness (QED) is 0.730. The number of carbonyl (C=O) groups is 1. The molecule has 0 bridgehead atoms. The molecule has 0 aliphatic heterocycles. The van der Waals surface area contributed by atoms with Gasteiger partial charge in [0.05, 0.1) is 0 Å². The molecule has 0 fully saturated rings. The van der Waals surface area contributed by atoms with Crippen molar-refractivity contribution >= 4 is 5.91 Å². The molecule has 0 aliphatic carbocycles. The summed E-state index contributed by atoms with van der Waals surface area (Å²) in [6, 6.07) is 4.73. The van der Waals surface area contributed by atoms with E-state index in [1.165, 1.54) is 25.3 Å². The van der Waals surface area contributed by atoms with Crippen LogP contribution in [0.5, 0.6) is 0 Å². The molecular weight excluding hydrogens is 228 g/mol. The first-order chi connectivity index (χ1) is 8.63. The van der Waals surface area contributed by atoms with E-state index in [0.29, 0.717) is 5.69 Å². The van der Waals surface area contributed by atoms with E-state index in [1.807, 2.05) is 6.92 Å². The Morgan fingerprint density at radius 3 is 2.78 bits per heavy atom. The number of hydrogen-bond donors (Lipinski definition) is 2. The number of hydrogen-bond acceptors (Lipinski definition) is 2. The Labute approximate surface area is 108 Å². The van der Waals surface area contributed by atoms with Gasteiger partial charge in [-0.15, -0.1) is 0 Å². The van der Waals surface area contributed by atoms with Gasteiger partial charge in [-0.05, 0) is 19.4 Å². The number of amides is 1. The maximum atomic E-state index is 11.8. The highest BCUT2D eigenvalue weighted by Crippen LogP contribution is 2.05. The van der Waals surface area contributed by atoms with Crippen LogP contribution in [0.3, 0.4) is 0 Å². The van der Waals surface area contributed by atoms with Gasteiger partial charge in [0.15, 0.2) is 0 Å². The molecule has 1 aromatic rings. The lowest BCUT2D eigenvalue weighted by Gasteiger charge is -2.13. The Morgan fingerprint density at radius 2 is 2.11 bits per heavy atom. The van der Waals surface area contributed by atoms with Crippen molar-refractivity contribution in [3.63, 3.8) is 0 Å². The van der Waals surface area contributed by atoms with Crippen molar-refractivity contribution in [1.82, 2.24) is 10.3 Å². The van der Waals surface area contributed by atoms with Crippen LogP contribution in [0, 0.1) is 0 Å². The molecule has 0 saturated carbocycles. The minimum absolute atomic E-state index is 0.137. The number of aromatic amines is 1. The molecule has 1 rings (SSSR count). The summed E-state index contributed by atoms with van der Waals surface area (Å²) in [6.45, 7) is 4.17. The van der Waals surface area contributed by atoms with Crippen LogP contribution in [0.1, 0.15) is 56.4 Å². The van der Waals surface area contributed by atoms with Crippen molar-refractivity contribution < 1.29 is 4.79 Å². The van der Waals surface area contributed by atoms with E-state index in [9.17, 15) is 9.59 Å². The van der Waals surface area contributed by atoms with E-state index in [-0.39, 0.29) is 17.5 Å². The summed E-state index contributed by atoms with van der Waals surface area (Å²) in [6.07, 6.45) is 5.76. The highest BCUT2D eigenvalue weighted by Gasteiger charge is 2.09. The van der Waals surface area contributed by atoms with E-state index in [4.69, 9.17) is 0 Å². The third-order valence-electron chi connectivity index (χ3n) is 2.88. The van der Waals surface area contributed by atoms with Gasteiger partial charge in [0.2, 0.25) is 5.56 Å². The molecule has 0 aromatic carbocycles. The molecule has 1 amide bonds. The van der Waals surface area contributed by atoms with E-state index in [0.717, 1.165) is 12.8 Å². The second-order valence-electron chi connectivity index (χ2n) is 4.65. The Kier molecular flexibility index (Phi) is 6.19. The van der Waals surface area contributed by atoms with Gasteiger partial charge in [-0.25, -0.2) is 0 Å². The number of nitrogens with one attached hydrogen (secondary N) is 2. The molecule has 100 valence electrons. The summed E-state index contributed by atoms with van der Waals surface area (Å²) < 4.78 is 0. The van der Waals surface area contributed by atoms with Crippen molar-refractivity contribution in [1.29, 1.82) is 0 Å². The van der Waals surface area contributed by atoms with Gasteiger partial charge in [0.1, 0.15) is 5.69 Å². The fraction of sp³-hybridized carbons (Fsp3) is 0.571. The molecule has 0 saturated heterocycles. The zero-order valence-electron chi connectivity index (χ0n) is 11.2. The second kappa shape index (κ2) is 7.69. The number of pyridine rings is 1. The molecule has 1 heterocycles. The van der Waals surface area contributed by atoms with Crippen molar-refractivity contribution in [3.8, 4) is 0 Å². The highest BCUT2D eigenvalue weighted by atomic mass is 16.2. The normalized spacial score (nSPS) is 12.1. The number of rotatable bonds is 7. The maximum Gasteiger partial charge on any atom is 0.268 e. The monoisotopic (exact) mass is 250 g/mol. The topological polar surface area (TPSA) is 62.0 Å². The predicted molar refractivity (Wildman–Crippen MR) is 72.7 cm³/mol. The smallest absolute Gasteiger partial charge is 0.268 e. The minimum atomic E-state index is -0.252. The SMILES string of the molecule is CCCCCCC(C)NC(=O)c1cccc(=O)[nH]1. The molecule has 0 radical (unpaired) electrons. The van der Waals surface area contributed by atoms with E-state index >= 15 is 0 Å². The average Bonchev–Trinajstić information content (AvgIpc) is 2.34. The second-order valence-corrected chi connectivity index (χ2v) is 4.65. The number of aromatic nitrogens is 1. The third kappa shape index (κ3) is 5.17. The van der Waals surface area contributed by atoms with Crippen LogP contribution in [0.25, 0.3) is 0 Å². The fourth-order valence-corrected chi connectivity index (χ4v) is 1.83. The molecule has 2 N–H and O–H groups in total. The molecular formula is C14H22N2O2. The molecule has 1 unspecified atom stereocenters. The van der Waals surface area contributed by atoms with Crippen molar-refractivity contribution in [2.24, 2.45) is 0 Å². The summed E-state index contributed by atoms with van der Waals surface area (Å²) in [7, 11) is 0. The average molecular weight is 250 g/mol. The van der Waals surface area contributed by atoms with E-state index in [2.05, 4.69) is 17.2 Å². The predicted octanol–water partition coefficient (Wildman–Crippen LogP) is 2.46. The summed E-state index contributed by atoms with van der Waals surface area (Å²) in [4.78, 5) is 25.4. The Hall–Kier alpha value is -1.58. The molecule has 0 spiro atoms. The minimum Gasteiger partial charge on any atom is -0.348 e. The Morgan fingerprint density at radius 1 is 1.33 bits per heavy atom. The van der Waals surface area contributed by atoms with Crippen LogP contribution in [0.2, 0.25) is 0 Å². The molecule has 18 heavy (non-hydrogen) atoms. The van der Waals surface area contributed by atoms with Crippen LogP contribution in [0.4, 0.5) is 0 Å². The third-order valence-corrected chi connectivity index (χ3v) is 2.88. The van der Waals surface area contributed by atoms with Gasteiger partial charge in [0.25, 0.3) is 5.91 Å². The Balaban J connectivity index is 2.37. The standard InChI is InChI=1S/C14H22N2O2/c1-3-4-5-6-8-11(2)15-14(18)12-9-7-10-13(17)16-12/h7,9-11H,3-6,8H2,1-2H3,(H,15,18)(H,16,17). The van der Waals surface area contributed by atoms with Crippen LogP contribution < -0.4 is 10.9 Å². The number of carbonyl (C=O) groups excluding carboxylic acids is 1. The number of unbranched alkanes of at least 4 members (excludes halogenated alkanes) is 3. The molecule has 4 nitrogen and oxygen atoms in total. The lowest BCUT2D eigenvalue weighted by atomic mass is 10.1. The van der Waals surface area contributed by atoms with E-state index < -0.39 is 0 Å². The zero-order valence-corrected chi connectivity index (χ0v) is 11.2. The lowest BCUT2D eigenvalue weighted by Crippen LogP contribution is -2.33. The molecule has 0 aliphatic rings. The van der Waals surface area contributed by atoms with Crippen LogP contribution >= 0.6 is 0 Å². The highest BCUT2D eigenvalue weighted by molar-refractivity contribution is 5.92. The van der Waals surface area contributed by atoms with Crippen molar-refractivity contribution in [2.45, 2.75) is 52.0 Å². The fourth-order valence-electron chi connectivity index (χ4n) is 1.83. The summed E-state index contributed by atoms with van der Waals surface area (Å²) in [5.74, 6) is -0.212. The molecule has 1 atom stereocenters. The van der Waals surface area contributed by atoms with Gasteiger partial charge in [-0.3, -0.25) is 9.59 Å². The van der Waals surface area contributed by atoms with Crippen molar-refractivity contribution in [3.05, 3.63) is 34.2 Å². The van der Waals surface area contributed by atoms with Gasteiger partial charge < -0.3 is 10.3 Å². The summed E-state index contributed by atoms with van der Waals surface area (Å²) in [5.41, 5.74) is 0.0705. The number of H-pyrrole nitrogens is 1. The van der Waals surface area contributed by atoms with E-state index in [1.54, 1.807) is 12.1 Å². The van der Waals surface area contributed by atoms with Gasteiger partial charge >= 0.3 is 0 Å². The van der Waals surface area contributed by atoms with Gasteiger partial charge in [-0.2, -0.15) is 0 Å². The first kappa shape index (κ1) is 14.5. The molecule has 1 aromatic heterocycles.